The van der Waals surface area contributed by atoms with Crippen molar-refractivity contribution in [1.29, 1.82) is 0 Å². The van der Waals surface area contributed by atoms with Gasteiger partial charge in [-0.1, -0.05) is 35.5 Å². The van der Waals surface area contributed by atoms with Crippen molar-refractivity contribution in [2.45, 2.75) is 25.5 Å². The van der Waals surface area contributed by atoms with Crippen LogP contribution in [0.15, 0.2) is 40.1 Å². The van der Waals surface area contributed by atoms with E-state index in [1.54, 1.807) is 6.92 Å². The van der Waals surface area contributed by atoms with Gasteiger partial charge < -0.3 is 10.6 Å². The van der Waals surface area contributed by atoms with Gasteiger partial charge in [-0.05, 0) is 29.2 Å². The average molecular weight is 289 g/mol. The minimum atomic E-state index is -0.990. The van der Waals surface area contributed by atoms with Gasteiger partial charge in [-0.15, -0.1) is 0 Å². The van der Waals surface area contributed by atoms with Crippen LogP contribution in [0.3, 0.4) is 0 Å². The fourth-order valence-corrected chi connectivity index (χ4v) is 2.11. The Morgan fingerprint density at radius 3 is 2.71 bits per heavy atom. The van der Waals surface area contributed by atoms with Crippen molar-refractivity contribution in [2.24, 2.45) is 5.16 Å². The SMILES string of the molecule is CC1(CCc2ccccc2)ON=C(c2nonc2N)N1O. The van der Waals surface area contributed by atoms with Gasteiger partial charge in [0, 0.05) is 6.42 Å². The monoisotopic (exact) mass is 289 g/mol. The topological polar surface area (TPSA) is 110 Å². The summed E-state index contributed by atoms with van der Waals surface area (Å²) in [5.41, 5.74) is 5.90. The third-order valence-electron chi connectivity index (χ3n) is 3.42. The molecule has 3 rings (SSSR count). The van der Waals surface area contributed by atoms with E-state index < -0.39 is 5.72 Å². The standard InChI is InChI=1S/C13H15N5O3/c1-13(8-7-9-5-3-2-4-6-9)18(19)12(17-20-13)10-11(14)16-21-15-10/h2-6,19H,7-8H2,1H3,(H2,14,16). The van der Waals surface area contributed by atoms with Crippen molar-refractivity contribution in [1.82, 2.24) is 15.4 Å². The minimum absolute atomic E-state index is 0.0451. The number of benzene rings is 1. The van der Waals surface area contributed by atoms with Gasteiger partial charge in [-0.3, -0.25) is 5.21 Å². The van der Waals surface area contributed by atoms with E-state index in [4.69, 9.17) is 10.6 Å². The molecule has 1 aromatic heterocycles. The first-order valence-electron chi connectivity index (χ1n) is 6.48. The zero-order chi connectivity index (χ0) is 14.9. The highest BCUT2D eigenvalue weighted by molar-refractivity contribution is 6.00. The number of anilines is 1. The van der Waals surface area contributed by atoms with Crippen molar-refractivity contribution < 1.29 is 14.7 Å². The van der Waals surface area contributed by atoms with Gasteiger partial charge >= 0.3 is 0 Å². The van der Waals surface area contributed by atoms with Gasteiger partial charge in [-0.2, -0.15) is 5.06 Å². The molecule has 1 aliphatic heterocycles. The molecule has 0 saturated heterocycles. The Labute approximate surface area is 120 Å². The Morgan fingerprint density at radius 2 is 2.05 bits per heavy atom. The van der Waals surface area contributed by atoms with Crippen LogP contribution >= 0.6 is 0 Å². The lowest BCUT2D eigenvalue weighted by Gasteiger charge is -2.28. The van der Waals surface area contributed by atoms with E-state index in [1.807, 2.05) is 30.3 Å². The van der Waals surface area contributed by atoms with E-state index in [1.165, 1.54) is 0 Å². The summed E-state index contributed by atoms with van der Waals surface area (Å²) in [5.74, 6) is 0.132. The second kappa shape index (κ2) is 5.06. The molecular formula is C13H15N5O3. The Hall–Kier alpha value is -2.61. The molecule has 3 N–H and O–H groups in total. The maximum atomic E-state index is 10.3. The third-order valence-corrected chi connectivity index (χ3v) is 3.42. The molecule has 0 saturated carbocycles. The van der Waals surface area contributed by atoms with Crippen LogP contribution in [0.25, 0.3) is 0 Å². The number of aromatic nitrogens is 2. The second-order valence-corrected chi connectivity index (χ2v) is 4.98. The molecule has 0 radical (unpaired) electrons. The lowest BCUT2D eigenvalue weighted by Crippen LogP contribution is -2.44. The summed E-state index contributed by atoms with van der Waals surface area (Å²) >= 11 is 0. The quantitative estimate of drug-likeness (QED) is 0.874. The largest absolute Gasteiger partial charge is 0.379 e. The molecule has 2 aromatic rings. The van der Waals surface area contributed by atoms with Crippen LogP contribution < -0.4 is 5.73 Å². The van der Waals surface area contributed by atoms with E-state index >= 15 is 0 Å². The number of nitrogen functional groups attached to an aromatic ring is 1. The second-order valence-electron chi connectivity index (χ2n) is 4.98. The van der Waals surface area contributed by atoms with Crippen LogP contribution in [0, 0.1) is 0 Å². The van der Waals surface area contributed by atoms with Crippen LogP contribution in [0.1, 0.15) is 24.6 Å². The third kappa shape index (κ3) is 2.40. The number of aryl methyl sites for hydroxylation is 1. The van der Waals surface area contributed by atoms with Crippen LogP contribution in [0.2, 0.25) is 0 Å². The first-order chi connectivity index (χ1) is 10.1. The summed E-state index contributed by atoms with van der Waals surface area (Å²) in [5, 5.41) is 22.1. The zero-order valence-corrected chi connectivity index (χ0v) is 11.4. The number of oxime groups is 1. The molecule has 0 fully saturated rings. The maximum Gasteiger partial charge on any atom is 0.231 e. The number of hydroxylamine groups is 2. The van der Waals surface area contributed by atoms with Crippen molar-refractivity contribution in [3.63, 3.8) is 0 Å². The Morgan fingerprint density at radius 1 is 1.29 bits per heavy atom. The fourth-order valence-electron chi connectivity index (χ4n) is 2.11. The van der Waals surface area contributed by atoms with Gasteiger partial charge in [0.25, 0.3) is 0 Å². The maximum absolute atomic E-state index is 10.3. The van der Waals surface area contributed by atoms with Crippen LogP contribution in [-0.4, -0.2) is 32.1 Å². The molecule has 1 aromatic carbocycles. The summed E-state index contributed by atoms with van der Waals surface area (Å²) in [6.45, 7) is 1.73. The van der Waals surface area contributed by atoms with Crippen molar-refractivity contribution in [2.75, 3.05) is 5.73 Å². The zero-order valence-electron chi connectivity index (χ0n) is 11.4. The summed E-state index contributed by atoms with van der Waals surface area (Å²) in [6.07, 6.45) is 1.26. The lowest BCUT2D eigenvalue weighted by atomic mass is 10.0. The van der Waals surface area contributed by atoms with Crippen LogP contribution in [-0.2, 0) is 11.3 Å². The predicted molar refractivity (Wildman–Crippen MR) is 73.1 cm³/mol. The fraction of sp³-hybridized carbons (Fsp3) is 0.308. The van der Waals surface area contributed by atoms with Gasteiger partial charge in [0.1, 0.15) is 0 Å². The molecule has 0 bridgehead atoms. The number of nitrogens with two attached hydrogens (primary N) is 1. The van der Waals surface area contributed by atoms with Crippen molar-refractivity contribution in [3.8, 4) is 0 Å². The van der Waals surface area contributed by atoms with Gasteiger partial charge in [0.2, 0.25) is 11.6 Å². The van der Waals surface area contributed by atoms with E-state index in [0.717, 1.165) is 17.0 Å². The molecule has 8 nitrogen and oxygen atoms in total. The smallest absolute Gasteiger partial charge is 0.231 e. The van der Waals surface area contributed by atoms with Gasteiger partial charge in [0.15, 0.2) is 11.5 Å². The lowest BCUT2D eigenvalue weighted by molar-refractivity contribution is -0.206. The Bertz CT molecular complexity index is 657. The highest BCUT2D eigenvalue weighted by Crippen LogP contribution is 2.30. The number of hydrogen-bond acceptors (Lipinski definition) is 8. The molecular weight excluding hydrogens is 274 g/mol. The molecule has 1 atom stereocenters. The molecule has 8 heteroatoms. The summed E-state index contributed by atoms with van der Waals surface area (Å²) in [6, 6.07) is 9.92. The van der Waals surface area contributed by atoms with E-state index in [-0.39, 0.29) is 17.3 Å². The summed E-state index contributed by atoms with van der Waals surface area (Å²) < 4.78 is 4.50. The van der Waals surface area contributed by atoms with Crippen LogP contribution in [0.5, 0.6) is 0 Å². The molecule has 1 aliphatic rings. The molecule has 1 unspecified atom stereocenters. The number of rotatable bonds is 4. The first-order valence-corrected chi connectivity index (χ1v) is 6.48. The van der Waals surface area contributed by atoms with E-state index in [0.29, 0.717) is 6.42 Å². The number of hydrogen-bond donors (Lipinski definition) is 2. The highest BCUT2D eigenvalue weighted by Gasteiger charge is 2.43. The van der Waals surface area contributed by atoms with Gasteiger partial charge in [-0.25, -0.2) is 4.63 Å². The number of amidine groups is 1. The minimum Gasteiger partial charge on any atom is -0.379 e. The van der Waals surface area contributed by atoms with E-state index in [9.17, 15) is 5.21 Å². The highest BCUT2D eigenvalue weighted by atomic mass is 16.7. The van der Waals surface area contributed by atoms with Crippen LogP contribution in [0.4, 0.5) is 5.82 Å². The molecule has 0 amide bonds. The summed E-state index contributed by atoms with van der Waals surface area (Å²) in [7, 11) is 0. The predicted octanol–water partition coefficient (Wildman–Crippen LogP) is 1.38. The Balaban J connectivity index is 1.72. The summed E-state index contributed by atoms with van der Waals surface area (Å²) in [4.78, 5) is 5.36. The van der Waals surface area contributed by atoms with E-state index in [2.05, 4.69) is 20.1 Å². The number of nitrogens with zero attached hydrogens (tertiary/aromatic N) is 4. The normalized spacial score (nSPS) is 21.2. The van der Waals surface area contributed by atoms with Crippen molar-refractivity contribution >= 4 is 11.7 Å². The molecule has 21 heavy (non-hydrogen) atoms. The van der Waals surface area contributed by atoms with Gasteiger partial charge in [0.05, 0.1) is 0 Å². The molecule has 0 aliphatic carbocycles. The Kier molecular flexibility index (Phi) is 3.22. The average Bonchev–Trinajstić information content (AvgIpc) is 3.04. The molecule has 0 spiro atoms. The molecule has 2 heterocycles. The van der Waals surface area contributed by atoms with Crippen molar-refractivity contribution in [3.05, 3.63) is 41.6 Å². The molecule has 110 valence electrons. The first kappa shape index (κ1) is 13.4.